The van der Waals surface area contributed by atoms with Crippen LogP contribution in [-0.4, -0.2) is 28.9 Å². The van der Waals surface area contributed by atoms with E-state index in [1.807, 2.05) is 17.2 Å². The number of rotatable bonds is 4. The fourth-order valence-electron chi connectivity index (χ4n) is 3.66. The molecule has 1 aliphatic carbocycles. The van der Waals surface area contributed by atoms with Gasteiger partial charge in [-0.3, -0.25) is 4.79 Å². The first-order chi connectivity index (χ1) is 10.4. The highest BCUT2D eigenvalue weighted by Crippen LogP contribution is 2.34. The summed E-state index contributed by atoms with van der Waals surface area (Å²) >= 11 is 0. The Morgan fingerprint density at radius 1 is 1.14 bits per heavy atom. The van der Waals surface area contributed by atoms with Gasteiger partial charge >= 0.3 is 0 Å². The second-order valence-corrected chi connectivity index (χ2v) is 6.28. The Kier molecular flexibility index (Phi) is 4.73. The van der Waals surface area contributed by atoms with Crippen LogP contribution in [0.1, 0.15) is 63.0 Å². The van der Waals surface area contributed by atoms with Gasteiger partial charge in [0.15, 0.2) is 0 Å². The highest BCUT2D eigenvalue weighted by Gasteiger charge is 2.26. The zero-order valence-electron chi connectivity index (χ0n) is 12.6. The molecule has 1 aromatic rings. The molecule has 21 heavy (non-hydrogen) atoms. The average Bonchev–Trinajstić information content (AvgIpc) is 2.56. The predicted octanol–water partition coefficient (Wildman–Crippen LogP) is 3.51. The van der Waals surface area contributed by atoms with Crippen LogP contribution < -0.4 is 5.32 Å². The number of likely N-dealkylation sites (tertiary alicyclic amines) is 1. The number of hydrogen-bond donors (Lipinski definition) is 1. The first-order valence-corrected chi connectivity index (χ1v) is 8.31. The summed E-state index contributed by atoms with van der Waals surface area (Å²) in [4.78, 5) is 17.8. The van der Waals surface area contributed by atoms with Crippen LogP contribution in [0, 0.1) is 0 Å². The minimum absolute atomic E-state index is 0.191. The number of piperidine rings is 1. The van der Waals surface area contributed by atoms with Gasteiger partial charge in [0.2, 0.25) is 6.41 Å². The summed E-state index contributed by atoms with van der Waals surface area (Å²) in [6.07, 6.45) is 12.6. The summed E-state index contributed by atoms with van der Waals surface area (Å²) in [5, 5.41) is 3.64. The van der Waals surface area contributed by atoms with Gasteiger partial charge in [-0.1, -0.05) is 25.3 Å². The van der Waals surface area contributed by atoms with Crippen molar-refractivity contribution in [3.63, 3.8) is 0 Å². The smallest absolute Gasteiger partial charge is 0.210 e. The number of hydrogen-bond acceptors (Lipinski definition) is 3. The number of amides is 1. The topological polar surface area (TPSA) is 45.2 Å². The van der Waals surface area contributed by atoms with Crippen LogP contribution in [0.15, 0.2) is 18.3 Å². The summed E-state index contributed by atoms with van der Waals surface area (Å²) in [5.74, 6) is 0.989. The Bertz CT molecular complexity index is 471. The van der Waals surface area contributed by atoms with E-state index < -0.39 is 0 Å². The number of carbonyl (C=O) groups is 1. The Balaban J connectivity index is 1.79. The van der Waals surface area contributed by atoms with Crippen LogP contribution in [0.2, 0.25) is 0 Å². The molecule has 2 aliphatic rings. The van der Waals surface area contributed by atoms with Crippen molar-refractivity contribution in [1.29, 1.82) is 0 Å². The first kappa shape index (κ1) is 14.4. The maximum atomic E-state index is 11.3. The molecule has 1 saturated heterocycles. The van der Waals surface area contributed by atoms with E-state index in [0.29, 0.717) is 6.04 Å². The molecule has 3 rings (SSSR count). The Morgan fingerprint density at radius 3 is 2.76 bits per heavy atom. The molecule has 1 atom stereocenters. The molecule has 0 bridgehead atoms. The summed E-state index contributed by atoms with van der Waals surface area (Å²) in [6.45, 7) is 0.867. The monoisotopic (exact) mass is 287 g/mol. The standard InChI is InChI=1S/C17H25N3O/c21-13-20-12-5-4-10-16(20)15-9-6-11-18-17(15)19-14-7-2-1-3-8-14/h6,9,11,13-14,16H,1-5,7-8,10,12H2,(H,18,19). The Labute approximate surface area is 126 Å². The molecule has 2 fully saturated rings. The minimum Gasteiger partial charge on any atom is -0.367 e. The molecule has 2 heterocycles. The average molecular weight is 287 g/mol. The quantitative estimate of drug-likeness (QED) is 0.862. The summed E-state index contributed by atoms with van der Waals surface area (Å²) < 4.78 is 0. The van der Waals surface area contributed by atoms with Gasteiger partial charge in [0.1, 0.15) is 5.82 Å². The number of aromatic nitrogens is 1. The van der Waals surface area contributed by atoms with E-state index >= 15 is 0 Å². The second-order valence-electron chi connectivity index (χ2n) is 6.28. The zero-order valence-corrected chi connectivity index (χ0v) is 12.6. The van der Waals surface area contributed by atoms with Crippen LogP contribution in [0.4, 0.5) is 5.82 Å². The Hall–Kier alpha value is -1.58. The molecule has 1 amide bonds. The summed E-state index contributed by atoms with van der Waals surface area (Å²) in [6, 6.07) is 4.85. The van der Waals surface area contributed by atoms with Crippen molar-refractivity contribution in [2.45, 2.75) is 63.5 Å². The molecule has 0 aromatic carbocycles. The van der Waals surface area contributed by atoms with Gasteiger partial charge < -0.3 is 10.2 Å². The SMILES string of the molecule is O=CN1CCCCC1c1cccnc1NC1CCCCC1. The molecule has 4 nitrogen and oxygen atoms in total. The van der Waals surface area contributed by atoms with Gasteiger partial charge in [0.05, 0.1) is 6.04 Å². The highest BCUT2D eigenvalue weighted by atomic mass is 16.1. The van der Waals surface area contributed by atoms with Gasteiger partial charge in [-0.25, -0.2) is 4.98 Å². The van der Waals surface area contributed by atoms with E-state index in [2.05, 4.69) is 16.4 Å². The molecule has 1 aliphatic heterocycles. The molecular weight excluding hydrogens is 262 g/mol. The van der Waals surface area contributed by atoms with E-state index in [1.165, 1.54) is 44.1 Å². The maximum Gasteiger partial charge on any atom is 0.210 e. The van der Waals surface area contributed by atoms with Crippen molar-refractivity contribution in [3.8, 4) is 0 Å². The minimum atomic E-state index is 0.191. The molecule has 1 saturated carbocycles. The third-order valence-electron chi connectivity index (χ3n) is 4.82. The van der Waals surface area contributed by atoms with Crippen molar-refractivity contribution in [2.75, 3.05) is 11.9 Å². The van der Waals surface area contributed by atoms with Gasteiger partial charge in [0.25, 0.3) is 0 Å². The van der Waals surface area contributed by atoms with Crippen LogP contribution in [0.25, 0.3) is 0 Å². The molecule has 1 N–H and O–H groups in total. The lowest BCUT2D eigenvalue weighted by atomic mass is 9.93. The molecule has 1 aromatic heterocycles. The number of nitrogens with one attached hydrogen (secondary N) is 1. The normalized spacial score (nSPS) is 23.8. The van der Waals surface area contributed by atoms with Crippen LogP contribution in [0.3, 0.4) is 0 Å². The predicted molar refractivity (Wildman–Crippen MR) is 84.1 cm³/mol. The number of anilines is 1. The lowest BCUT2D eigenvalue weighted by molar-refractivity contribution is -0.121. The molecule has 1 unspecified atom stereocenters. The maximum absolute atomic E-state index is 11.3. The van der Waals surface area contributed by atoms with Gasteiger partial charge in [-0.15, -0.1) is 0 Å². The fourth-order valence-corrected chi connectivity index (χ4v) is 3.66. The van der Waals surface area contributed by atoms with Crippen molar-refractivity contribution in [2.24, 2.45) is 0 Å². The van der Waals surface area contributed by atoms with Crippen LogP contribution >= 0.6 is 0 Å². The highest BCUT2D eigenvalue weighted by molar-refractivity contribution is 5.53. The van der Waals surface area contributed by atoms with Gasteiger partial charge in [-0.05, 0) is 38.2 Å². The van der Waals surface area contributed by atoms with E-state index in [-0.39, 0.29) is 6.04 Å². The van der Waals surface area contributed by atoms with Gasteiger partial charge in [-0.2, -0.15) is 0 Å². The molecule has 4 heteroatoms. The van der Waals surface area contributed by atoms with Crippen molar-refractivity contribution in [3.05, 3.63) is 23.9 Å². The number of pyridine rings is 1. The molecular formula is C17H25N3O. The van der Waals surface area contributed by atoms with Crippen molar-refractivity contribution < 1.29 is 4.79 Å². The molecule has 0 spiro atoms. The summed E-state index contributed by atoms with van der Waals surface area (Å²) in [7, 11) is 0. The van der Waals surface area contributed by atoms with Gasteiger partial charge in [0, 0.05) is 24.3 Å². The molecule has 114 valence electrons. The summed E-state index contributed by atoms with van der Waals surface area (Å²) in [5.41, 5.74) is 1.19. The number of nitrogens with zero attached hydrogens (tertiary/aromatic N) is 2. The van der Waals surface area contributed by atoms with Crippen molar-refractivity contribution >= 4 is 12.2 Å². The second kappa shape index (κ2) is 6.92. The number of carbonyl (C=O) groups excluding carboxylic acids is 1. The van der Waals surface area contributed by atoms with E-state index in [9.17, 15) is 4.79 Å². The Morgan fingerprint density at radius 2 is 1.95 bits per heavy atom. The third kappa shape index (κ3) is 3.36. The third-order valence-corrected chi connectivity index (χ3v) is 4.82. The first-order valence-electron chi connectivity index (χ1n) is 8.31. The largest absolute Gasteiger partial charge is 0.367 e. The van der Waals surface area contributed by atoms with Crippen molar-refractivity contribution in [1.82, 2.24) is 9.88 Å². The van der Waals surface area contributed by atoms with E-state index in [4.69, 9.17) is 0 Å². The van der Waals surface area contributed by atoms with Crippen LogP contribution in [0.5, 0.6) is 0 Å². The van der Waals surface area contributed by atoms with Crippen LogP contribution in [-0.2, 0) is 4.79 Å². The molecule has 0 radical (unpaired) electrons. The lowest BCUT2D eigenvalue weighted by Crippen LogP contribution is -2.33. The lowest BCUT2D eigenvalue weighted by Gasteiger charge is -2.34. The van der Waals surface area contributed by atoms with E-state index in [0.717, 1.165) is 31.6 Å². The van der Waals surface area contributed by atoms with E-state index in [1.54, 1.807) is 0 Å². The fraction of sp³-hybridized carbons (Fsp3) is 0.647. The zero-order chi connectivity index (χ0) is 14.5.